The van der Waals surface area contributed by atoms with E-state index in [2.05, 4.69) is 0 Å². The molecule has 5 aromatic rings. The number of hydrogen-bond donors (Lipinski definition) is 0. The van der Waals surface area contributed by atoms with E-state index in [0.717, 1.165) is 20.9 Å². The van der Waals surface area contributed by atoms with E-state index in [1.807, 2.05) is 48.5 Å². The Bertz CT molecular complexity index is 1950. The Hall–Kier alpha value is -6.06. The van der Waals surface area contributed by atoms with Crippen LogP contribution in [0.25, 0.3) is 6.08 Å². The summed E-state index contributed by atoms with van der Waals surface area (Å²) in [5, 5.41) is 0.188. The highest BCUT2D eigenvalue weighted by atomic mass is 35.5. The zero-order chi connectivity index (χ0) is 34.3. The number of carbonyl (C=O) groups is 3. The molecule has 9 nitrogen and oxygen atoms in total. The van der Waals surface area contributed by atoms with Gasteiger partial charge in [-0.15, -0.1) is 0 Å². The predicted molar refractivity (Wildman–Crippen MR) is 187 cm³/mol. The van der Waals surface area contributed by atoms with Crippen molar-refractivity contribution < 1.29 is 33.3 Å². The molecule has 5 aromatic carbocycles. The molecule has 0 spiro atoms. The van der Waals surface area contributed by atoms with Gasteiger partial charge in [0.25, 0.3) is 11.8 Å². The fourth-order valence-electron chi connectivity index (χ4n) is 5.28. The zero-order valence-electron chi connectivity index (χ0n) is 26.7. The number of halogens is 1. The first-order chi connectivity index (χ1) is 23.9. The Morgan fingerprint density at radius 3 is 1.71 bits per heavy atom. The number of ether oxygens (including phenoxy) is 4. The van der Waals surface area contributed by atoms with Crippen molar-refractivity contribution in [3.63, 3.8) is 0 Å². The molecule has 1 saturated heterocycles. The molecule has 0 unspecified atom stereocenters. The van der Waals surface area contributed by atoms with Crippen molar-refractivity contribution in [3.8, 4) is 23.0 Å². The Morgan fingerprint density at radius 2 is 1.14 bits per heavy atom. The van der Waals surface area contributed by atoms with Crippen LogP contribution in [0, 0.1) is 0 Å². The third-order valence-corrected chi connectivity index (χ3v) is 7.97. The van der Waals surface area contributed by atoms with E-state index < -0.39 is 17.8 Å². The summed E-state index contributed by atoms with van der Waals surface area (Å²) in [5.74, 6) is 0.145. The summed E-state index contributed by atoms with van der Waals surface area (Å²) in [6.45, 7) is 0.521. The normalized spacial score (nSPS) is 13.0. The Kier molecular flexibility index (Phi) is 9.92. The van der Waals surface area contributed by atoms with E-state index in [1.54, 1.807) is 79.9 Å². The van der Waals surface area contributed by atoms with Gasteiger partial charge in [-0.3, -0.25) is 9.59 Å². The van der Waals surface area contributed by atoms with Gasteiger partial charge in [0.05, 0.1) is 30.6 Å². The van der Waals surface area contributed by atoms with Crippen LogP contribution in [-0.2, 0) is 22.8 Å². The third-order valence-electron chi connectivity index (χ3n) is 7.69. The number of carbonyl (C=O) groups excluding carboxylic acids is 3. The number of nitrogens with zero attached hydrogens (tertiary/aromatic N) is 2. The summed E-state index contributed by atoms with van der Waals surface area (Å²) in [7, 11) is 3.03. The molecule has 0 N–H and O–H groups in total. The fraction of sp³-hybridized carbons (Fsp3) is 0.103. The van der Waals surface area contributed by atoms with Crippen molar-refractivity contribution >= 4 is 46.9 Å². The molecule has 0 aromatic heterocycles. The van der Waals surface area contributed by atoms with Gasteiger partial charge in [0, 0.05) is 0 Å². The van der Waals surface area contributed by atoms with Gasteiger partial charge >= 0.3 is 6.03 Å². The number of hydrogen-bond acceptors (Lipinski definition) is 7. The maximum Gasteiger partial charge on any atom is 0.343 e. The van der Waals surface area contributed by atoms with Gasteiger partial charge in [0.2, 0.25) is 0 Å². The molecular weight excluding hydrogens is 644 g/mol. The number of methoxy groups -OCH3 is 2. The Morgan fingerprint density at radius 1 is 0.592 bits per heavy atom. The van der Waals surface area contributed by atoms with Gasteiger partial charge < -0.3 is 18.9 Å². The molecule has 49 heavy (non-hydrogen) atoms. The highest BCUT2D eigenvalue weighted by Gasteiger charge is 2.43. The average molecular weight is 675 g/mol. The van der Waals surface area contributed by atoms with Crippen LogP contribution in [0.3, 0.4) is 0 Å². The molecule has 1 heterocycles. The lowest BCUT2D eigenvalue weighted by molar-refractivity contribution is -0.121. The summed E-state index contributed by atoms with van der Waals surface area (Å²) >= 11 is 6.70. The summed E-state index contributed by atoms with van der Waals surface area (Å²) in [4.78, 5) is 43.1. The number of para-hydroxylation sites is 2. The number of amides is 4. The minimum atomic E-state index is -0.781. The fourth-order valence-corrected chi connectivity index (χ4v) is 5.55. The van der Waals surface area contributed by atoms with E-state index in [9.17, 15) is 14.4 Å². The molecule has 1 aliphatic heterocycles. The SMILES string of the molecule is COc1cc(COc2c(Cl)cc(C=C3C(=O)N(c4ccccc4)C(=O)N(c4ccccc4)C3=O)cc2OC)ccc1OCc1ccccc1. The van der Waals surface area contributed by atoms with Crippen molar-refractivity contribution in [2.24, 2.45) is 0 Å². The largest absolute Gasteiger partial charge is 0.493 e. The van der Waals surface area contributed by atoms with E-state index >= 15 is 0 Å². The van der Waals surface area contributed by atoms with Crippen LogP contribution < -0.4 is 28.7 Å². The van der Waals surface area contributed by atoms with Gasteiger partial charge in [-0.05, 0) is 71.3 Å². The van der Waals surface area contributed by atoms with Crippen molar-refractivity contribution in [2.45, 2.75) is 13.2 Å². The maximum absolute atomic E-state index is 13.8. The lowest BCUT2D eigenvalue weighted by atomic mass is 10.0. The van der Waals surface area contributed by atoms with Gasteiger partial charge in [0.15, 0.2) is 23.0 Å². The third kappa shape index (κ3) is 7.12. The second-order valence-electron chi connectivity index (χ2n) is 10.9. The molecule has 0 atom stereocenters. The monoisotopic (exact) mass is 674 g/mol. The van der Waals surface area contributed by atoms with Gasteiger partial charge in [-0.25, -0.2) is 14.6 Å². The van der Waals surface area contributed by atoms with Crippen LogP contribution in [-0.4, -0.2) is 32.1 Å². The minimum Gasteiger partial charge on any atom is -0.493 e. The summed E-state index contributed by atoms with van der Waals surface area (Å²) < 4.78 is 23.2. The number of urea groups is 1. The Labute approximate surface area is 288 Å². The molecular formula is C39H31ClN2O7. The smallest absolute Gasteiger partial charge is 0.343 e. The zero-order valence-corrected chi connectivity index (χ0v) is 27.4. The first kappa shape index (κ1) is 32.9. The second kappa shape index (κ2) is 14.8. The quantitative estimate of drug-likeness (QED) is 0.103. The predicted octanol–water partition coefficient (Wildman–Crippen LogP) is 8.10. The van der Waals surface area contributed by atoms with E-state index in [4.69, 9.17) is 30.5 Å². The number of benzene rings is 5. The average Bonchev–Trinajstić information content (AvgIpc) is 3.13. The number of imide groups is 2. The second-order valence-corrected chi connectivity index (χ2v) is 11.3. The lowest BCUT2D eigenvalue weighted by Gasteiger charge is -2.34. The summed E-state index contributed by atoms with van der Waals surface area (Å²) in [5.41, 5.74) is 2.62. The number of rotatable bonds is 11. The van der Waals surface area contributed by atoms with Crippen LogP contribution in [0.4, 0.5) is 16.2 Å². The van der Waals surface area contributed by atoms with E-state index in [0.29, 0.717) is 35.0 Å². The van der Waals surface area contributed by atoms with Gasteiger partial charge in [0.1, 0.15) is 18.8 Å². The highest BCUT2D eigenvalue weighted by Crippen LogP contribution is 2.39. The number of barbiturate groups is 1. The molecule has 1 fully saturated rings. The summed E-state index contributed by atoms with van der Waals surface area (Å²) in [6.07, 6.45) is 1.39. The highest BCUT2D eigenvalue weighted by molar-refractivity contribution is 6.46. The van der Waals surface area contributed by atoms with Crippen molar-refractivity contribution in [3.05, 3.63) is 149 Å². The molecule has 4 amide bonds. The molecule has 6 rings (SSSR count). The minimum absolute atomic E-state index is 0.128. The molecule has 0 bridgehead atoms. The van der Waals surface area contributed by atoms with Crippen LogP contribution in [0.15, 0.2) is 127 Å². The molecule has 0 saturated carbocycles. The van der Waals surface area contributed by atoms with Crippen molar-refractivity contribution in [1.29, 1.82) is 0 Å². The molecule has 10 heteroatoms. The van der Waals surface area contributed by atoms with Crippen molar-refractivity contribution in [1.82, 2.24) is 0 Å². The van der Waals surface area contributed by atoms with E-state index in [-0.39, 0.29) is 28.7 Å². The number of anilines is 2. The molecule has 0 aliphatic carbocycles. The molecule has 1 aliphatic rings. The first-order valence-corrected chi connectivity index (χ1v) is 15.6. The van der Waals surface area contributed by atoms with Crippen molar-refractivity contribution in [2.75, 3.05) is 24.0 Å². The maximum atomic E-state index is 13.8. The lowest BCUT2D eigenvalue weighted by Crippen LogP contribution is -2.57. The van der Waals surface area contributed by atoms with Gasteiger partial charge in [-0.2, -0.15) is 0 Å². The van der Waals surface area contributed by atoms with Crippen LogP contribution >= 0.6 is 11.6 Å². The van der Waals surface area contributed by atoms with Crippen LogP contribution in [0.5, 0.6) is 23.0 Å². The standard InChI is InChI=1S/C39H31ClN2O7/c1-46-34-22-27(18-19-33(34)48-24-26-12-6-3-7-13-26)25-49-36-32(40)21-28(23-35(36)47-2)20-31-37(43)41(29-14-8-4-9-15-29)39(45)42(38(31)44)30-16-10-5-11-17-30/h3-23H,24-25H2,1-2H3. The topological polar surface area (TPSA) is 94.6 Å². The molecule has 0 radical (unpaired) electrons. The first-order valence-electron chi connectivity index (χ1n) is 15.3. The molecule has 246 valence electrons. The Balaban J connectivity index is 1.26. The van der Waals surface area contributed by atoms with Crippen LogP contribution in [0.2, 0.25) is 5.02 Å². The summed E-state index contributed by atoms with van der Waals surface area (Å²) in [6, 6.07) is 34.6. The van der Waals surface area contributed by atoms with Crippen LogP contribution in [0.1, 0.15) is 16.7 Å². The van der Waals surface area contributed by atoms with Gasteiger partial charge in [-0.1, -0.05) is 84.4 Å². The van der Waals surface area contributed by atoms with E-state index in [1.165, 1.54) is 13.2 Å².